The number of aryl methyl sites for hydroxylation is 1. The third-order valence-electron chi connectivity index (χ3n) is 5.11. The Morgan fingerprint density at radius 3 is 2.71 bits per heavy atom. The molecule has 8 nitrogen and oxygen atoms in total. The first kappa shape index (κ1) is 18.5. The molecule has 1 fully saturated rings. The Balaban J connectivity index is 1.52. The van der Waals surface area contributed by atoms with Crippen molar-refractivity contribution in [3.8, 4) is 5.69 Å². The van der Waals surface area contributed by atoms with E-state index in [0.29, 0.717) is 6.42 Å². The second kappa shape index (κ2) is 8.45. The normalized spacial score (nSPS) is 17.8. The van der Waals surface area contributed by atoms with E-state index in [4.69, 9.17) is 0 Å². The van der Waals surface area contributed by atoms with Crippen LogP contribution in [0.15, 0.2) is 48.5 Å². The van der Waals surface area contributed by atoms with Gasteiger partial charge in [-0.15, -0.1) is 0 Å². The number of hydrogen-bond acceptors (Lipinski definition) is 7. The van der Waals surface area contributed by atoms with Crippen LogP contribution >= 0.6 is 0 Å². The molecular weight excluding hydrogens is 354 g/mol. The van der Waals surface area contributed by atoms with E-state index in [-0.39, 0.29) is 12.6 Å². The average Bonchev–Trinajstić information content (AvgIpc) is 3.20. The summed E-state index contributed by atoms with van der Waals surface area (Å²) in [5.41, 5.74) is 3.02. The topological polar surface area (TPSA) is 83.2 Å². The molecule has 1 aliphatic rings. The van der Waals surface area contributed by atoms with Crippen LogP contribution in [-0.4, -0.2) is 67.5 Å². The Hall–Kier alpha value is -2.84. The van der Waals surface area contributed by atoms with Crippen LogP contribution in [0.25, 0.3) is 5.69 Å². The molecule has 3 heterocycles. The first-order valence-electron chi connectivity index (χ1n) is 9.61. The highest BCUT2D eigenvalue weighted by atomic mass is 16.3. The largest absolute Gasteiger partial charge is 0.396 e. The van der Waals surface area contributed by atoms with Gasteiger partial charge in [0, 0.05) is 44.5 Å². The fourth-order valence-corrected chi connectivity index (χ4v) is 3.72. The van der Waals surface area contributed by atoms with Gasteiger partial charge >= 0.3 is 0 Å². The molecule has 3 aromatic rings. The summed E-state index contributed by atoms with van der Waals surface area (Å²) in [7, 11) is 0. The van der Waals surface area contributed by atoms with E-state index < -0.39 is 0 Å². The fraction of sp³-hybridized carbons (Fsp3) is 0.400. The second-order valence-electron chi connectivity index (χ2n) is 7.08. The van der Waals surface area contributed by atoms with Crippen molar-refractivity contribution in [1.82, 2.24) is 30.1 Å². The highest BCUT2D eigenvalue weighted by molar-refractivity contribution is 5.41. The molecule has 1 N–H and O–H groups in total. The SMILES string of the molecule is Cc1cccc(CN2CCN(c3nnnn3-c3ccccc3)C[C@@H]2CCO)n1. The summed E-state index contributed by atoms with van der Waals surface area (Å²) in [5.74, 6) is 0.738. The lowest BCUT2D eigenvalue weighted by Crippen LogP contribution is -2.53. The van der Waals surface area contributed by atoms with E-state index in [9.17, 15) is 5.11 Å². The zero-order valence-corrected chi connectivity index (χ0v) is 16.0. The number of anilines is 1. The molecule has 0 radical (unpaired) electrons. The molecule has 28 heavy (non-hydrogen) atoms. The Kier molecular flexibility index (Phi) is 5.59. The molecular formula is C20H25N7O. The van der Waals surface area contributed by atoms with Gasteiger partial charge in [0.1, 0.15) is 0 Å². The molecule has 0 spiro atoms. The lowest BCUT2D eigenvalue weighted by molar-refractivity contribution is 0.133. The van der Waals surface area contributed by atoms with Gasteiger partial charge in [-0.3, -0.25) is 9.88 Å². The van der Waals surface area contributed by atoms with Crippen LogP contribution < -0.4 is 4.90 Å². The summed E-state index contributed by atoms with van der Waals surface area (Å²) >= 11 is 0. The summed E-state index contributed by atoms with van der Waals surface area (Å²) in [4.78, 5) is 9.23. The van der Waals surface area contributed by atoms with E-state index >= 15 is 0 Å². The molecule has 8 heteroatoms. The van der Waals surface area contributed by atoms with Crippen LogP contribution in [0.3, 0.4) is 0 Å². The molecule has 0 bridgehead atoms. The first-order chi connectivity index (χ1) is 13.7. The third kappa shape index (κ3) is 4.02. The molecule has 2 aromatic heterocycles. The number of pyridine rings is 1. The minimum Gasteiger partial charge on any atom is -0.396 e. The fourth-order valence-electron chi connectivity index (χ4n) is 3.72. The van der Waals surface area contributed by atoms with Gasteiger partial charge in [0.25, 0.3) is 0 Å². The van der Waals surface area contributed by atoms with Crippen molar-refractivity contribution in [1.29, 1.82) is 0 Å². The molecule has 1 saturated heterocycles. The maximum atomic E-state index is 9.59. The molecule has 0 unspecified atom stereocenters. The number of aromatic nitrogens is 5. The highest BCUT2D eigenvalue weighted by Gasteiger charge is 2.29. The minimum absolute atomic E-state index is 0.153. The maximum Gasteiger partial charge on any atom is 0.250 e. The number of aliphatic hydroxyl groups is 1. The van der Waals surface area contributed by atoms with Crippen LogP contribution in [-0.2, 0) is 6.54 Å². The molecule has 1 atom stereocenters. The average molecular weight is 379 g/mol. The Morgan fingerprint density at radius 1 is 1.07 bits per heavy atom. The number of rotatable bonds is 6. The van der Waals surface area contributed by atoms with Crippen molar-refractivity contribution < 1.29 is 5.11 Å². The zero-order chi connectivity index (χ0) is 19.3. The lowest BCUT2D eigenvalue weighted by Gasteiger charge is -2.41. The van der Waals surface area contributed by atoms with Crippen molar-refractivity contribution in [2.24, 2.45) is 0 Å². The number of tetrazole rings is 1. The van der Waals surface area contributed by atoms with Crippen molar-refractivity contribution in [2.75, 3.05) is 31.1 Å². The lowest BCUT2D eigenvalue weighted by atomic mass is 10.1. The van der Waals surface area contributed by atoms with Crippen LogP contribution in [0.5, 0.6) is 0 Å². The summed E-state index contributed by atoms with van der Waals surface area (Å²) in [5, 5.41) is 21.9. The van der Waals surface area contributed by atoms with Crippen molar-refractivity contribution in [3.05, 3.63) is 59.9 Å². The van der Waals surface area contributed by atoms with Crippen molar-refractivity contribution in [3.63, 3.8) is 0 Å². The summed E-state index contributed by atoms with van der Waals surface area (Å²) in [6.07, 6.45) is 0.704. The van der Waals surface area contributed by atoms with Gasteiger partial charge in [-0.25, -0.2) is 0 Å². The number of para-hydroxylation sites is 1. The standard InChI is InChI=1S/C20H25N7O/c1-16-6-5-7-17(21-16)14-25-11-12-26(15-19(25)10-13-28)20-22-23-24-27(20)18-8-3-2-4-9-18/h2-9,19,28H,10-15H2,1H3/t19-/m0/s1. The third-order valence-corrected chi connectivity index (χ3v) is 5.11. The summed E-state index contributed by atoms with van der Waals surface area (Å²) in [6.45, 7) is 5.39. The number of aliphatic hydroxyl groups excluding tert-OH is 1. The quantitative estimate of drug-likeness (QED) is 0.694. The molecule has 1 aliphatic heterocycles. The molecule has 0 aliphatic carbocycles. The molecule has 0 amide bonds. The Bertz CT molecular complexity index is 898. The van der Waals surface area contributed by atoms with Crippen LogP contribution in [0, 0.1) is 6.92 Å². The number of nitrogens with zero attached hydrogens (tertiary/aromatic N) is 7. The van der Waals surface area contributed by atoms with Gasteiger partial charge < -0.3 is 10.0 Å². The molecule has 4 rings (SSSR count). The molecule has 1 aromatic carbocycles. The maximum absolute atomic E-state index is 9.59. The second-order valence-corrected chi connectivity index (χ2v) is 7.08. The van der Waals surface area contributed by atoms with Crippen molar-refractivity contribution in [2.45, 2.75) is 25.9 Å². The van der Waals surface area contributed by atoms with E-state index in [1.165, 1.54) is 0 Å². The molecule has 146 valence electrons. The van der Waals surface area contributed by atoms with Crippen molar-refractivity contribution >= 4 is 5.95 Å². The van der Waals surface area contributed by atoms with Gasteiger partial charge in [-0.2, -0.15) is 4.68 Å². The van der Waals surface area contributed by atoms with Gasteiger partial charge in [0.05, 0.1) is 11.4 Å². The predicted octanol–water partition coefficient (Wildman–Crippen LogP) is 1.44. The monoisotopic (exact) mass is 379 g/mol. The van der Waals surface area contributed by atoms with Crippen LogP contribution in [0.4, 0.5) is 5.95 Å². The Morgan fingerprint density at radius 2 is 1.93 bits per heavy atom. The highest BCUT2D eigenvalue weighted by Crippen LogP contribution is 2.22. The van der Waals surface area contributed by atoms with Gasteiger partial charge in [-0.1, -0.05) is 29.4 Å². The van der Waals surface area contributed by atoms with Gasteiger partial charge in [0.15, 0.2) is 0 Å². The minimum atomic E-state index is 0.153. The van der Waals surface area contributed by atoms with Crippen LogP contribution in [0.2, 0.25) is 0 Å². The van der Waals surface area contributed by atoms with Gasteiger partial charge in [-0.05, 0) is 48.0 Å². The van der Waals surface area contributed by atoms with E-state index in [2.05, 4.69) is 36.4 Å². The van der Waals surface area contributed by atoms with E-state index in [1.807, 2.05) is 49.4 Å². The smallest absolute Gasteiger partial charge is 0.250 e. The molecule has 0 saturated carbocycles. The van der Waals surface area contributed by atoms with E-state index in [1.54, 1.807) is 4.68 Å². The number of benzene rings is 1. The summed E-state index contributed by atoms with van der Waals surface area (Å²) < 4.78 is 1.77. The first-order valence-corrected chi connectivity index (χ1v) is 9.61. The number of hydrogen-bond donors (Lipinski definition) is 1. The summed E-state index contributed by atoms with van der Waals surface area (Å²) in [6, 6.07) is 16.2. The Labute approximate surface area is 164 Å². The van der Waals surface area contributed by atoms with E-state index in [0.717, 1.165) is 49.2 Å². The van der Waals surface area contributed by atoms with Gasteiger partial charge in [0.2, 0.25) is 5.95 Å². The number of piperazine rings is 1. The van der Waals surface area contributed by atoms with Crippen LogP contribution in [0.1, 0.15) is 17.8 Å². The zero-order valence-electron chi connectivity index (χ0n) is 16.0. The predicted molar refractivity (Wildman–Crippen MR) is 106 cm³/mol.